The molecule has 2 aromatic rings. The number of amides is 2. The number of aliphatic hydroxyl groups excluding tert-OH is 1. The topological polar surface area (TPSA) is 142 Å². The molecule has 0 bridgehead atoms. The highest BCUT2D eigenvalue weighted by Gasteiger charge is 2.31. The molecule has 0 radical (unpaired) electrons. The highest BCUT2D eigenvalue weighted by Crippen LogP contribution is 2.12. The molecule has 13 heteroatoms. The van der Waals surface area contributed by atoms with Gasteiger partial charge < -0.3 is 20.1 Å². The van der Waals surface area contributed by atoms with Crippen LogP contribution in [0.2, 0.25) is 0 Å². The lowest BCUT2D eigenvalue weighted by Crippen LogP contribution is -2.49. The number of halogens is 2. The average Bonchev–Trinajstić information content (AvgIpc) is 2.77. The maximum absolute atomic E-state index is 13.0. The van der Waals surface area contributed by atoms with E-state index < -0.39 is 64.7 Å². The number of nitrogens with one attached hydrogen (secondary N) is 2. The summed E-state index contributed by atoms with van der Waals surface area (Å²) in [5, 5.41) is 12.3. The van der Waals surface area contributed by atoms with E-state index in [9.17, 15) is 36.7 Å². The Morgan fingerprint density at radius 1 is 1.03 bits per heavy atom. The molecule has 0 spiro atoms. The van der Waals surface area contributed by atoms with Crippen molar-refractivity contribution in [3.63, 3.8) is 0 Å². The van der Waals surface area contributed by atoms with E-state index in [0.717, 1.165) is 48.2 Å². The van der Waals surface area contributed by atoms with E-state index in [1.807, 2.05) is 4.72 Å². The van der Waals surface area contributed by atoms with Crippen molar-refractivity contribution in [3.05, 3.63) is 60.2 Å². The van der Waals surface area contributed by atoms with Gasteiger partial charge in [0, 0.05) is 12.7 Å². The van der Waals surface area contributed by atoms with E-state index >= 15 is 0 Å². The fourth-order valence-electron chi connectivity index (χ4n) is 2.56. The molecule has 3 N–H and O–H groups in total. The molecule has 2 atom stereocenters. The van der Waals surface area contributed by atoms with Gasteiger partial charge in [0.15, 0.2) is 6.61 Å². The first-order valence-corrected chi connectivity index (χ1v) is 11.3. The number of aliphatic hydroxyl groups is 1. The number of rotatable bonds is 10. The predicted octanol–water partition coefficient (Wildman–Crippen LogP) is 0.633. The summed E-state index contributed by atoms with van der Waals surface area (Å²) in [5.74, 6) is -3.77. The van der Waals surface area contributed by atoms with Crippen LogP contribution >= 0.6 is 0 Å². The van der Waals surface area contributed by atoms with Crippen molar-refractivity contribution in [2.75, 3.05) is 25.5 Å². The number of anilines is 1. The first kappa shape index (κ1) is 26.8. The van der Waals surface area contributed by atoms with Crippen molar-refractivity contribution in [2.24, 2.45) is 0 Å². The van der Waals surface area contributed by atoms with Gasteiger partial charge in [0.1, 0.15) is 17.7 Å². The number of benzene rings is 2. The van der Waals surface area contributed by atoms with Crippen molar-refractivity contribution in [2.45, 2.75) is 24.0 Å². The maximum Gasteiger partial charge on any atom is 0.327 e. The third kappa shape index (κ3) is 7.86. The molecule has 2 unspecified atom stereocenters. The highest BCUT2D eigenvalue weighted by atomic mass is 32.2. The van der Waals surface area contributed by atoms with E-state index in [0.29, 0.717) is 5.69 Å². The number of carbonyl (C=O) groups is 3. The molecule has 0 aliphatic carbocycles. The van der Waals surface area contributed by atoms with Gasteiger partial charge in [-0.3, -0.25) is 14.4 Å². The minimum absolute atomic E-state index is 0.312. The van der Waals surface area contributed by atoms with E-state index in [2.05, 4.69) is 5.32 Å². The van der Waals surface area contributed by atoms with Crippen LogP contribution in [0.1, 0.15) is 6.92 Å². The van der Waals surface area contributed by atoms with Crippen LogP contribution in [0.4, 0.5) is 14.5 Å². The van der Waals surface area contributed by atoms with Gasteiger partial charge in [0.05, 0.1) is 17.5 Å². The molecule has 10 nitrogen and oxygen atoms in total. The second kappa shape index (κ2) is 11.6. The molecule has 184 valence electrons. The van der Waals surface area contributed by atoms with Gasteiger partial charge in [0.2, 0.25) is 15.9 Å². The molecule has 2 aromatic carbocycles. The van der Waals surface area contributed by atoms with Crippen molar-refractivity contribution in [3.8, 4) is 0 Å². The maximum atomic E-state index is 13.0. The fraction of sp³-hybridized carbons (Fsp3) is 0.286. The monoisotopic (exact) mass is 499 g/mol. The van der Waals surface area contributed by atoms with Crippen LogP contribution in [-0.4, -0.2) is 68.6 Å². The standard InChI is InChI=1S/C21H23F2N3O7S/c1-13(27)20(25-34(31,32)17-9-5-15(23)6-10-17)21(30)33-12-19(29)26(2)11-18(28)24-16-7-3-14(22)4-8-16/h3-10,13,20,25,27H,11-12H2,1-2H3,(H,24,28). The molecule has 2 amide bonds. The Kier molecular flexibility index (Phi) is 9.18. The summed E-state index contributed by atoms with van der Waals surface area (Å²) in [6.45, 7) is -0.113. The Bertz CT molecular complexity index is 1120. The molecule has 0 fully saturated rings. The zero-order valence-electron chi connectivity index (χ0n) is 18.2. The molecule has 0 aromatic heterocycles. The van der Waals surface area contributed by atoms with Gasteiger partial charge in [-0.2, -0.15) is 4.72 Å². The molecule has 34 heavy (non-hydrogen) atoms. The Morgan fingerprint density at radius 2 is 1.56 bits per heavy atom. The largest absolute Gasteiger partial charge is 0.454 e. The summed E-state index contributed by atoms with van der Waals surface area (Å²) in [4.78, 5) is 37.1. The number of hydrogen-bond acceptors (Lipinski definition) is 7. The van der Waals surface area contributed by atoms with Gasteiger partial charge in [-0.05, 0) is 55.5 Å². The molecular formula is C21H23F2N3O7S. The molecule has 0 aliphatic rings. The van der Waals surface area contributed by atoms with Crippen molar-refractivity contribution in [1.29, 1.82) is 0 Å². The van der Waals surface area contributed by atoms with Crippen LogP contribution in [0.5, 0.6) is 0 Å². The Morgan fingerprint density at radius 3 is 2.09 bits per heavy atom. The third-order valence-electron chi connectivity index (χ3n) is 4.41. The van der Waals surface area contributed by atoms with Crippen molar-refractivity contribution >= 4 is 33.5 Å². The number of esters is 1. The van der Waals surface area contributed by atoms with Gasteiger partial charge in [0.25, 0.3) is 5.91 Å². The smallest absolute Gasteiger partial charge is 0.327 e. The van der Waals surface area contributed by atoms with E-state index in [-0.39, 0.29) is 4.90 Å². The third-order valence-corrected chi connectivity index (χ3v) is 5.87. The van der Waals surface area contributed by atoms with Crippen LogP contribution in [0.3, 0.4) is 0 Å². The summed E-state index contributed by atoms with van der Waals surface area (Å²) in [6.07, 6.45) is -1.53. The summed E-state index contributed by atoms with van der Waals surface area (Å²) < 4.78 is 57.5. The fourth-order valence-corrected chi connectivity index (χ4v) is 3.82. The van der Waals surface area contributed by atoms with Gasteiger partial charge in [-0.25, -0.2) is 17.2 Å². The van der Waals surface area contributed by atoms with Crippen LogP contribution in [0, 0.1) is 11.6 Å². The van der Waals surface area contributed by atoms with E-state index in [1.54, 1.807) is 0 Å². The molecule has 2 rings (SSSR count). The number of likely N-dealkylation sites (N-methyl/N-ethyl adjacent to an activating group) is 1. The minimum Gasteiger partial charge on any atom is -0.454 e. The van der Waals surface area contributed by atoms with Gasteiger partial charge in [-0.15, -0.1) is 0 Å². The highest BCUT2D eigenvalue weighted by molar-refractivity contribution is 7.89. The summed E-state index contributed by atoms with van der Waals surface area (Å²) in [7, 11) is -3.05. The Hall–Kier alpha value is -3.42. The first-order chi connectivity index (χ1) is 15.9. The second-order valence-electron chi connectivity index (χ2n) is 7.21. The quantitative estimate of drug-likeness (QED) is 0.407. The van der Waals surface area contributed by atoms with Crippen LogP contribution in [-0.2, 0) is 29.1 Å². The molecule has 0 saturated carbocycles. The molecular weight excluding hydrogens is 476 g/mol. The number of carbonyl (C=O) groups excluding carboxylic acids is 3. The zero-order valence-corrected chi connectivity index (χ0v) is 19.0. The average molecular weight is 499 g/mol. The lowest BCUT2D eigenvalue weighted by atomic mass is 10.2. The van der Waals surface area contributed by atoms with Crippen LogP contribution in [0.25, 0.3) is 0 Å². The molecule has 0 aliphatic heterocycles. The summed E-state index contributed by atoms with van der Waals surface area (Å²) in [6, 6.07) is 6.96. The zero-order chi connectivity index (χ0) is 25.5. The summed E-state index contributed by atoms with van der Waals surface area (Å²) in [5.41, 5.74) is 0.312. The molecule has 0 saturated heterocycles. The van der Waals surface area contributed by atoms with Crippen molar-refractivity contribution < 1.29 is 41.4 Å². The van der Waals surface area contributed by atoms with Crippen LogP contribution < -0.4 is 10.0 Å². The van der Waals surface area contributed by atoms with E-state index in [1.165, 1.54) is 19.2 Å². The lowest BCUT2D eigenvalue weighted by molar-refractivity contribution is -0.155. The second-order valence-corrected chi connectivity index (χ2v) is 8.92. The first-order valence-electron chi connectivity index (χ1n) is 9.81. The Balaban J connectivity index is 1.91. The minimum atomic E-state index is -4.32. The molecule has 0 heterocycles. The van der Waals surface area contributed by atoms with Gasteiger partial charge in [-0.1, -0.05) is 0 Å². The van der Waals surface area contributed by atoms with Crippen molar-refractivity contribution in [1.82, 2.24) is 9.62 Å². The normalized spacial score (nSPS) is 13.0. The number of nitrogens with zero attached hydrogens (tertiary/aromatic N) is 1. The summed E-state index contributed by atoms with van der Waals surface area (Å²) >= 11 is 0. The van der Waals surface area contributed by atoms with Crippen LogP contribution in [0.15, 0.2) is 53.4 Å². The van der Waals surface area contributed by atoms with E-state index in [4.69, 9.17) is 4.74 Å². The SMILES string of the molecule is CC(O)C(NS(=O)(=O)c1ccc(F)cc1)C(=O)OCC(=O)N(C)CC(=O)Nc1ccc(F)cc1. The Labute approximate surface area is 194 Å². The number of hydrogen-bond donors (Lipinski definition) is 3. The number of sulfonamides is 1. The van der Waals surface area contributed by atoms with Gasteiger partial charge >= 0.3 is 5.97 Å². The lowest BCUT2D eigenvalue weighted by Gasteiger charge is -2.21. The predicted molar refractivity (Wildman–Crippen MR) is 116 cm³/mol. The number of ether oxygens (including phenoxy) is 1.